The lowest BCUT2D eigenvalue weighted by Crippen LogP contribution is -1.89. The summed E-state index contributed by atoms with van der Waals surface area (Å²) in [6.07, 6.45) is 0.621. The summed E-state index contributed by atoms with van der Waals surface area (Å²) in [4.78, 5) is 0. The van der Waals surface area contributed by atoms with E-state index in [-0.39, 0.29) is 5.82 Å². The predicted octanol–water partition coefficient (Wildman–Crippen LogP) is 3.90. The van der Waals surface area contributed by atoms with Crippen molar-refractivity contribution >= 4 is 0 Å². The maximum atomic E-state index is 13.6. The van der Waals surface area contributed by atoms with Crippen molar-refractivity contribution in [1.29, 1.82) is 0 Å². The molecule has 0 atom stereocenters. The van der Waals surface area contributed by atoms with Gasteiger partial charge < -0.3 is 5.11 Å². The second-order valence-corrected chi connectivity index (χ2v) is 3.83. The standard InChI is InChI=1S/C14H12F2O/c1-2-9-3-4-10(7-12(9)15)11-5-6-14(17)13(16)8-11/h3-8,17H,2H2,1H3. The maximum absolute atomic E-state index is 13.6. The van der Waals surface area contributed by atoms with Gasteiger partial charge >= 0.3 is 0 Å². The molecule has 0 bridgehead atoms. The quantitative estimate of drug-likeness (QED) is 0.835. The predicted molar refractivity (Wildman–Crippen MR) is 62.8 cm³/mol. The SMILES string of the molecule is CCc1ccc(-c2ccc(O)c(F)c2)cc1F. The van der Waals surface area contributed by atoms with Crippen LogP contribution in [0.4, 0.5) is 8.78 Å². The molecular formula is C14H12F2O. The van der Waals surface area contributed by atoms with Crippen LogP contribution in [-0.2, 0) is 6.42 Å². The smallest absolute Gasteiger partial charge is 0.165 e. The number of rotatable bonds is 2. The number of hydrogen-bond acceptors (Lipinski definition) is 1. The molecule has 0 aliphatic rings. The second-order valence-electron chi connectivity index (χ2n) is 3.83. The summed E-state index contributed by atoms with van der Waals surface area (Å²) < 4.78 is 26.7. The fraction of sp³-hybridized carbons (Fsp3) is 0.143. The Bertz CT molecular complexity index is 550. The molecular weight excluding hydrogens is 222 g/mol. The van der Waals surface area contributed by atoms with Gasteiger partial charge in [0.05, 0.1) is 0 Å². The summed E-state index contributed by atoms with van der Waals surface area (Å²) in [5, 5.41) is 9.08. The summed E-state index contributed by atoms with van der Waals surface area (Å²) in [7, 11) is 0. The Kier molecular flexibility index (Phi) is 3.09. The van der Waals surface area contributed by atoms with Gasteiger partial charge in [-0.05, 0) is 41.3 Å². The number of phenols is 1. The van der Waals surface area contributed by atoms with Gasteiger partial charge in [0.25, 0.3) is 0 Å². The van der Waals surface area contributed by atoms with Crippen LogP contribution in [0.3, 0.4) is 0 Å². The van der Waals surface area contributed by atoms with Gasteiger partial charge in [0.2, 0.25) is 0 Å². The number of halogens is 2. The van der Waals surface area contributed by atoms with Gasteiger partial charge in [0, 0.05) is 0 Å². The van der Waals surface area contributed by atoms with Crippen molar-refractivity contribution in [2.24, 2.45) is 0 Å². The summed E-state index contributed by atoms with van der Waals surface area (Å²) in [5.74, 6) is -1.40. The highest BCUT2D eigenvalue weighted by Crippen LogP contribution is 2.26. The largest absolute Gasteiger partial charge is 0.505 e. The normalized spacial score (nSPS) is 10.5. The van der Waals surface area contributed by atoms with E-state index < -0.39 is 11.6 Å². The highest BCUT2D eigenvalue weighted by molar-refractivity contribution is 5.64. The molecule has 0 spiro atoms. The third-order valence-corrected chi connectivity index (χ3v) is 2.71. The molecule has 0 aliphatic carbocycles. The zero-order chi connectivity index (χ0) is 12.4. The van der Waals surface area contributed by atoms with Gasteiger partial charge in [0.1, 0.15) is 5.82 Å². The first-order valence-corrected chi connectivity index (χ1v) is 5.39. The van der Waals surface area contributed by atoms with Crippen molar-refractivity contribution in [2.45, 2.75) is 13.3 Å². The molecule has 0 radical (unpaired) electrons. The average molecular weight is 234 g/mol. The van der Waals surface area contributed by atoms with Gasteiger partial charge in [0.15, 0.2) is 11.6 Å². The molecule has 0 saturated heterocycles. The highest BCUT2D eigenvalue weighted by atomic mass is 19.1. The molecule has 3 heteroatoms. The fourth-order valence-electron chi connectivity index (χ4n) is 1.70. The Hall–Kier alpha value is -1.90. The molecule has 0 saturated carbocycles. The molecule has 17 heavy (non-hydrogen) atoms. The van der Waals surface area contributed by atoms with E-state index >= 15 is 0 Å². The van der Waals surface area contributed by atoms with Crippen molar-refractivity contribution in [3.8, 4) is 16.9 Å². The van der Waals surface area contributed by atoms with Crippen LogP contribution in [0.1, 0.15) is 12.5 Å². The second kappa shape index (κ2) is 4.53. The zero-order valence-electron chi connectivity index (χ0n) is 9.37. The Morgan fingerprint density at radius 2 is 1.53 bits per heavy atom. The van der Waals surface area contributed by atoms with Gasteiger partial charge in [-0.1, -0.05) is 25.1 Å². The molecule has 88 valence electrons. The summed E-state index contributed by atoms with van der Waals surface area (Å²) in [6.45, 7) is 1.87. The molecule has 1 N–H and O–H groups in total. The fourth-order valence-corrected chi connectivity index (χ4v) is 1.70. The topological polar surface area (TPSA) is 20.2 Å². The molecule has 2 rings (SSSR count). The van der Waals surface area contributed by atoms with E-state index in [0.717, 1.165) is 0 Å². The highest BCUT2D eigenvalue weighted by Gasteiger charge is 2.06. The molecule has 1 nitrogen and oxygen atoms in total. The lowest BCUT2D eigenvalue weighted by molar-refractivity contribution is 0.432. The summed E-state index contributed by atoms with van der Waals surface area (Å²) >= 11 is 0. The number of benzene rings is 2. The van der Waals surface area contributed by atoms with Crippen LogP contribution in [0, 0.1) is 11.6 Å². The van der Waals surface area contributed by atoms with Crippen LogP contribution in [-0.4, -0.2) is 5.11 Å². The van der Waals surface area contributed by atoms with Crippen molar-refractivity contribution < 1.29 is 13.9 Å². The Balaban J connectivity index is 2.46. The third kappa shape index (κ3) is 2.28. The first-order chi connectivity index (χ1) is 8.11. The number of phenolic OH excluding ortho intramolecular Hbond substituents is 1. The molecule has 2 aromatic carbocycles. The number of aryl methyl sites for hydroxylation is 1. The van der Waals surface area contributed by atoms with Crippen LogP contribution < -0.4 is 0 Å². The first-order valence-electron chi connectivity index (χ1n) is 5.39. The molecule has 0 heterocycles. The van der Waals surface area contributed by atoms with E-state index in [1.165, 1.54) is 18.2 Å². The minimum Gasteiger partial charge on any atom is -0.505 e. The lowest BCUT2D eigenvalue weighted by atomic mass is 10.0. The number of aromatic hydroxyl groups is 1. The van der Waals surface area contributed by atoms with Gasteiger partial charge in [-0.2, -0.15) is 0 Å². The minimum atomic E-state index is -0.706. The van der Waals surface area contributed by atoms with Crippen molar-refractivity contribution in [2.75, 3.05) is 0 Å². The lowest BCUT2D eigenvalue weighted by Gasteiger charge is -2.05. The number of hydrogen-bond donors (Lipinski definition) is 1. The first kappa shape index (κ1) is 11.6. The Morgan fingerprint density at radius 3 is 2.06 bits per heavy atom. The van der Waals surface area contributed by atoms with Crippen molar-refractivity contribution in [3.63, 3.8) is 0 Å². The third-order valence-electron chi connectivity index (χ3n) is 2.71. The van der Waals surface area contributed by atoms with E-state index in [4.69, 9.17) is 5.11 Å². The Morgan fingerprint density at radius 1 is 0.941 bits per heavy atom. The molecule has 0 unspecified atom stereocenters. The van der Waals surface area contributed by atoms with Crippen LogP contribution in [0.5, 0.6) is 5.75 Å². The van der Waals surface area contributed by atoms with Crippen molar-refractivity contribution in [1.82, 2.24) is 0 Å². The van der Waals surface area contributed by atoms with E-state index in [0.29, 0.717) is 23.1 Å². The minimum absolute atomic E-state index is 0.293. The van der Waals surface area contributed by atoms with E-state index in [9.17, 15) is 8.78 Å². The van der Waals surface area contributed by atoms with Crippen LogP contribution in [0.15, 0.2) is 36.4 Å². The molecule has 0 aromatic heterocycles. The van der Waals surface area contributed by atoms with Gasteiger partial charge in [-0.3, -0.25) is 0 Å². The van der Waals surface area contributed by atoms with E-state index in [2.05, 4.69) is 0 Å². The van der Waals surface area contributed by atoms with E-state index in [1.54, 1.807) is 18.2 Å². The zero-order valence-corrected chi connectivity index (χ0v) is 9.37. The summed E-state index contributed by atoms with van der Waals surface area (Å²) in [6, 6.07) is 8.82. The molecule has 0 aliphatic heterocycles. The van der Waals surface area contributed by atoms with Crippen LogP contribution in [0.2, 0.25) is 0 Å². The molecule has 2 aromatic rings. The van der Waals surface area contributed by atoms with Crippen LogP contribution in [0.25, 0.3) is 11.1 Å². The summed E-state index contributed by atoms with van der Waals surface area (Å²) in [5.41, 5.74) is 1.77. The van der Waals surface area contributed by atoms with Crippen molar-refractivity contribution in [3.05, 3.63) is 53.6 Å². The average Bonchev–Trinajstić information content (AvgIpc) is 2.32. The maximum Gasteiger partial charge on any atom is 0.165 e. The van der Waals surface area contributed by atoms with Gasteiger partial charge in [-0.15, -0.1) is 0 Å². The molecule has 0 amide bonds. The monoisotopic (exact) mass is 234 g/mol. The van der Waals surface area contributed by atoms with Gasteiger partial charge in [-0.25, -0.2) is 8.78 Å². The van der Waals surface area contributed by atoms with Crippen LogP contribution >= 0.6 is 0 Å². The molecule has 0 fully saturated rings. The van der Waals surface area contributed by atoms with E-state index in [1.807, 2.05) is 6.92 Å². The Labute approximate surface area is 98.3 Å².